The van der Waals surface area contributed by atoms with E-state index in [1.807, 2.05) is 18.7 Å². The third-order valence-corrected chi connectivity index (χ3v) is 3.63. The van der Waals surface area contributed by atoms with Crippen molar-refractivity contribution in [2.45, 2.75) is 39.2 Å². The molecule has 0 spiro atoms. The maximum Gasteiger partial charge on any atom is 0.239 e. The molecule has 94 valence electrons. The molecular formula is C12H24N2O2. The van der Waals surface area contributed by atoms with Crippen molar-refractivity contribution < 1.29 is 9.90 Å². The highest BCUT2D eigenvalue weighted by Crippen LogP contribution is 2.18. The Labute approximate surface area is 97.8 Å². The van der Waals surface area contributed by atoms with Gasteiger partial charge in [0.05, 0.1) is 6.04 Å². The van der Waals surface area contributed by atoms with Crippen LogP contribution in [0.2, 0.25) is 0 Å². The molecule has 1 saturated heterocycles. The predicted octanol–water partition coefficient (Wildman–Crippen LogP) is 0.591. The van der Waals surface area contributed by atoms with Gasteiger partial charge in [0.2, 0.25) is 5.91 Å². The zero-order valence-corrected chi connectivity index (χ0v) is 10.4. The van der Waals surface area contributed by atoms with Gasteiger partial charge >= 0.3 is 0 Å². The minimum atomic E-state index is -0.387. The van der Waals surface area contributed by atoms with Crippen LogP contribution in [0.1, 0.15) is 33.1 Å². The maximum atomic E-state index is 12.1. The van der Waals surface area contributed by atoms with Gasteiger partial charge in [-0.05, 0) is 24.7 Å². The lowest BCUT2D eigenvalue weighted by Gasteiger charge is -2.34. The molecule has 1 fully saturated rings. The van der Waals surface area contributed by atoms with E-state index in [-0.39, 0.29) is 30.4 Å². The lowest BCUT2D eigenvalue weighted by molar-refractivity contribution is -0.135. The Bertz CT molecular complexity index is 233. The number of hydrogen-bond acceptors (Lipinski definition) is 3. The number of carbonyl (C=O) groups is 1. The zero-order chi connectivity index (χ0) is 12.1. The Kier molecular flexibility index (Phi) is 5.22. The molecule has 4 heteroatoms. The molecule has 0 aromatic carbocycles. The third kappa shape index (κ3) is 3.19. The van der Waals surface area contributed by atoms with E-state index in [1.165, 1.54) is 0 Å². The van der Waals surface area contributed by atoms with Gasteiger partial charge in [0.25, 0.3) is 0 Å². The monoisotopic (exact) mass is 228 g/mol. The van der Waals surface area contributed by atoms with Crippen LogP contribution in [0.4, 0.5) is 0 Å². The topological polar surface area (TPSA) is 66.6 Å². The first kappa shape index (κ1) is 13.5. The van der Waals surface area contributed by atoms with E-state index in [2.05, 4.69) is 0 Å². The standard InChI is InChI=1S/C12H24N2O2/c1-3-9(2)11(13)12(16)14-6-4-5-10(7-14)8-15/h9-11,15H,3-8,13H2,1-2H3. The Morgan fingerprint density at radius 3 is 2.88 bits per heavy atom. The number of carbonyl (C=O) groups excluding carboxylic acids is 1. The lowest BCUT2D eigenvalue weighted by Crippen LogP contribution is -2.50. The molecule has 1 aliphatic heterocycles. The highest BCUT2D eigenvalue weighted by atomic mass is 16.3. The summed E-state index contributed by atoms with van der Waals surface area (Å²) < 4.78 is 0. The number of nitrogens with two attached hydrogens (primary N) is 1. The Hall–Kier alpha value is -0.610. The third-order valence-electron chi connectivity index (χ3n) is 3.63. The summed E-state index contributed by atoms with van der Waals surface area (Å²) in [7, 11) is 0. The molecule has 0 saturated carbocycles. The van der Waals surface area contributed by atoms with Crippen molar-refractivity contribution in [1.82, 2.24) is 4.90 Å². The van der Waals surface area contributed by atoms with Crippen molar-refractivity contribution in [1.29, 1.82) is 0 Å². The minimum Gasteiger partial charge on any atom is -0.396 e. The van der Waals surface area contributed by atoms with Crippen LogP contribution in [0.3, 0.4) is 0 Å². The molecule has 0 aliphatic carbocycles. The van der Waals surface area contributed by atoms with Crippen LogP contribution in [0.5, 0.6) is 0 Å². The van der Waals surface area contributed by atoms with Gasteiger partial charge in [-0.3, -0.25) is 4.79 Å². The van der Waals surface area contributed by atoms with Gasteiger partial charge in [0.1, 0.15) is 0 Å². The number of aliphatic hydroxyl groups excluding tert-OH is 1. The number of likely N-dealkylation sites (tertiary alicyclic amines) is 1. The maximum absolute atomic E-state index is 12.1. The van der Waals surface area contributed by atoms with Crippen LogP contribution >= 0.6 is 0 Å². The number of hydrogen-bond donors (Lipinski definition) is 2. The Balaban J connectivity index is 2.52. The lowest BCUT2D eigenvalue weighted by atomic mass is 9.95. The fraction of sp³-hybridized carbons (Fsp3) is 0.917. The predicted molar refractivity (Wildman–Crippen MR) is 63.8 cm³/mol. The fourth-order valence-corrected chi connectivity index (χ4v) is 2.12. The van der Waals surface area contributed by atoms with Gasteiger partial charge in [-0.25, -0.2) is 0 Å². The van der Waals surface area contributed by atoms with E-state index in [1.54, 1.807) is 0 Å². The van der Waals surface area contributed by atoms with Crippen LogP contribution < -0.4 is 5.73 Å². The number of piperidine rings is 1. The van der Waals surface area contributed by atoms with E-state index in [0.29, 0.717) is 6.54 Å². The number of rotatable bonds is 4. The van der Waals surface area contributed by atoms with Gasteiger partial charge in [-0.1, -0.05) is 20.3 Å². The molecule has 0 aromatic rings. The second-order valence-corrected chi connectivity index (χ2v) is 4.89. The summed E-state index contributed by atoms with van der Waals surface area (Å²) in [5, 5.41) is 9.12. The van der Waals surface area contributed by atoms with Crippen LogP contribution in [-0.4, -0.2) is 41.7 Å². The molecular weight excluding hydrogens is 204 g/mol. The molecule has 1 rings (SSSR count). The van der Waals surface area contributed by atoms with E-state index in [4.69, 9.17) is 10.8 Å². The molecule has 3 unspecified atom stereocenters. The molecule has 1 aliphatic rings. The molecule has 4 nitrogen and oxygen atoms in total. The summed E-state index contributed by atoms with van der Waals surface area (Å²) in [6, 6.07) is -0.387. The number of aliphatic hydroxyl groups is 1. The summed E-state index contributed by atoms with van der Waals surface area (Å²) >= 11 is 0. The van der Waals surface area contributed by atoms with Crippen LogP contribution in [0, 0.1) is 11.8 Å². The largest absolute Gasteiger partial charge is 0.396 e. The van der Waals surface area contributed by atoms with Crippen molar-refractivity contribution in [3.05, 3.63) is 0 Å². The fourth-order valence-electron chi connectivity index (χ4n) is 2.12. The molecule has 0 radical (unpaired) electrons. The zero-order valence-electron chi connectivity index (χ0n) is 10.4. The van der Waals surface area contributed by atoms with Gasteiger partial charge in [0.15, 0.2) is 0 Å². The quantitative estimate of drug-likeness (QED) is 0.740. The van der Waals surface area contributed by atoms with Crippen molar-refractivity contribution >= 4 is 5.91 Å². The molecule has 1 amide bonds. The average Bonchev–Trinajstić information content (AvgIpc) is 2.36. The van der Waals surface area contributed by atoms with Crippen molar-refractivity contribution in [2.24, 2.45) is 17.6 Å². The Morgan fingerprint density at radius 2 is 2.31 bits per heavy atom. The van der Waals surface area contributed by atoms with Gasteiger partial charge < -0.3 is 15.7 Å². The summed E-state index contributed by atoms with van der Waals surface area (Å²) in [5.74, 6) is 0.510. The normalized spacial score (nSPS) is 25.2. The second kappa shape index (κ2) is 6.21. The molecule has 3 N–H and O–H groups in total. The van der Waals surface area contributed by atoms with Crippen molar-refractivity contribution in [3.8, 4) is 0 Å². The number of nitrogens with zero attached hydrogens (tertiary/aromatic N) is 1. The summed E-state index contributed by atoms with van der Waals surface area (Å²) in [6.45, 7) is 5.68. The van der Waals surface area contributed by atoms with E-state index in [9.17, 15) is 4.79 Å². The Morgan fingerprint density at radius 1 is 1.62 bits per heavy atom. The summed E-state index contributed by atoms with van der Waals surface area (Å²) in [5.41, 5.74) is 5.94. The molecule has 0 aromatic heterocycles. The van der Waals surface area contributed by atoms with E-state index >= 15 is 0 Å². The van der Waals surface area contributed by atoms with E-state index < -0.39 is 0 Å². The average molecular weight is 228 g/mol. The SMILES string of the molecule is CCC(C)C(N)C(=O)N1CCCC(CO)C1. The number of amides is 1. The molecule has 16 heavy (non-hydrogen) atoms. The first-order valence-electron chi connectivity index (χ1n) is 6.25. The van der Waals surface area contributed by atoms with Crippen LogP contribution in [-0.2, 0) is 4.79 Å². The molecule has 3 atom stereocenters. The summed E-state index contributed by atoms with van der Waals surface area (Å²) in [4.78, 5) is 13.9. The second-order valence-electron chi connectivity index (χ2n) is 4.89. The first-order chi connectivity index (χ1) is 7.60. The van der Waals surface area contributed by atoms with Crippen LogP contribution in [0.15, 0.2) is 0 Å². The first-order valence-corrected chi connectivity index (χ1v) is 6.25. The van der Waals surface area contributed by atoms with Crippen molar-refractivity contribution in [3.63, 3.8) is 0 Å². The minimum absolute atomic E-state index is 0.0486. The highest BCUT2D eigenvalue weighted by Gasteiger charge is 2.28. The molecule has 0 bridgehead atoms. The highest BCUT2D eigenvalue weighted by molar-refractivity contribution is 5.82. The van der Waals surface area contributed by atoms with E-state index in [0.717, 1.165) is 25.8 Å². The van der Waals surface area contributed by atoms with Gasteiger partial charge in [0, 0.05) is 19.7 Å². The van der Waals surface area contributed by atoms with Crippen LogP contribution in [0.25, 0.3) is 0 Å². The van der Waals surface area contributed by atoms with Gasteiger partial charge in [-0.2, -0.15) is 0 Å². The molecule has 1 heterocycles. The summed E-state index contributed by atoms with van der Waals surface area (Å²) in [6.07, 6.45) is 2.91. The van der Waals surface area contributed by atoms with Crippen molar-refractivity contribution in [2.75, 3.05) is 19.7 Å². The smallest absolute Gasteiger partial charge is 0.239 e. The van der Waals surface area contributed by atoms with Gasteiger partial charge in [-0.15, -0.1) is 0 Å².